The monoisotopic (exact) mass is 308 g/mol. The standard InChI is InChI=1S/C16H21FN2O3/c1-9(2)7-12(15(20)18-3)19-16(21)13-8-10-5-4-6-11(17)14(10)22-13/h4-6,9,12-13H,7-8H2,1-3H3,(H,18,20)(H,19,21)/t12-,13+/m1/s1. The van der Waals surface area contributed by atoms with Crippen LogP contribution >= 0.6 is 0 Å². The smallest absolute Gasteiger partial charge is 0.262 e. The molecule has 1 aromatic carbocycles. The van der Waals surface area contributed by atoms with Crippen LogP contribution in [0.25, 0.3) is 0 Å². The lowest BCUT2D eigenvalue weighted by atomic mass is 10.0. The molecule has 1 aromatic rings. The number of carbonyl (C=O) groups excluding carboxylic acids is 2. The van der Waals surface area contributed by atoms with Crippen LogP contribution in [0.5, 0.6) is 5.75 Å². The molecule has 0 aromatic heterocycles. The summed E-state index contributed by atoms with van der Waals surface area (Å²) < 4.78 is 19.0. The molecule has 2 N–H and O–H groups in total. The van der Waals surface area contributed by atoms with Gasteiger partial charge in [0.1, 0.15) is 6.04 Å². The Morgan fingerprint density at radius 3 is 2.73 bits per heavy atom. The van der Waals surface area contributed by atoms with E-state index in [9.17, 15) is 14.0 Å². The fourth-order valence-electron chi connectivity index (χ4n) is 2.52. The molecule has 0 saturated heterocycles. The highest BCUT2D eigenvalue weighted by atomic mass is 19.1. The fraction of sp³-hybridized carbons (Fsp3) is 0.500. The van der Waals surface area contributed by atoms with Gasteiger partial charge < -0.3 is 15.4 Å². The second-order valence-electron chi connectivity index (χ2n) is 5.84. The number of para-hydroxylation sites is 1. The van der Waals surface area contributed by atoms with Crippen LogP contribution in [0.4, 0.5) is 4.39 Å². The highest BCUT2D eigenvalue weighted by Gasteiger charge is 2.33. The first kappa shape index (κ1) is 16.3. The largest absolute Gasteiger partial charge is 0.477 e. The van der Waals surface area contributed by atoms with E-state index in [2.05, 4.69) is 10.6 Å². The molecular weight excluding hydrogens is 287 g/mol. The molecule has 0 spiro atoms. The molecule has 0 aliphatic carbocycles. The highest BCUT2D eigenvalue weighted by molar-refractivity contribution is 5.89. The predicted molar refractivity (Wildman–Crippen MR) is 80.0 cm³/mol. The number of amides is 2. The van der Waals surface area contributed by atoms with Gasteiger partial charge in [-0.05, 0) is 18.4 Å². The van der Waals surface area contributed by atoms with Crippen LogP contribution in [-0.4, -0.2) is 31.0 Å². The molecule has 0 bridgehead atoms. The van der Waals surface area contributed by atoms with Crippen LogP contribution in [0.15, 0.2) is 18.2 Å². The van der Waals surface area contributed by atoms with Gasteiger partial charge in [0.05, 0.1) is 0 Å². The Morgan fingerprint density at radius 1 is 1.41 bits per heavy atom. The minimum atomic E-state index is -0.800. The van der Waals surface area contributed by atoms with Crippen molar-refractivity contribution in [3.63, 3.8) is 0 Å². The van der Waals surface area contributed by atoms with Crippen LogP contribution in [0.1, 0.15) is 25.8 Å². The Bertz CT molecular complexity index is 575. The van der Waals surface area contributed by atoms with Crippen molar-refractivity contribution in [1.29, 1.82) is 0 Å². The van der Waals surface area contributed by atoms with Gasteiger partial charge in [0.25, 0.3) is 5.91 Å². The Labute approximate surface area is 129 Å². The average molecular weight is 308 g/mol. The van der Waals surface area contributed by atoms with Gasteiger partial charge in [-0.2, -0.15) is 0 Å². The van der Waals surface area contributed by atoms with Crippen LogP contribution in [0, 0.1) is 11.7 Å². The zero-order valence-electron chi connectivity index (χ0n) is 13.0. The molecule has 6 heteroatoms. The molecule has 5 nitrogen and oxygen atoms in total. The number of ether oxygens (including phenoxy) is 1. The number of fused-ring (bicyclic) bond motifs is 1. The van der Waals surface area contributed by atoms with Crippen molar-refractivity contribution in [1.82, 2.24) is 10.6 Å². The summed E-state index contributed by atoms with van der Waals surface area (Å²) >= 11 is 0. The SMILES string of the molecule is CNC(=O)[C@@H](CC(C)C)NC(=O)[C@@H]1Cc2cccc(F)c2O1. The number of rotatable bonds is 5. The summed E-state index contributed by atoms with van der Waals surface area (Å²) in [7, 11) is 1.53. The van der Waals surface area contributed by atoms with Crippen molar-refractivity contribution in [2.24, 2.45) is 5.92 Å². The van der Waals surface area contributed by atoms with Crippen molar-refractivity contribution < 1.29 is 18.7 Å². The minimum Gasteiger partial charge on any atom is -0.477 e. The Morgan fingerprint density at radius 2 is 2.14 bits per heavy atom. The summed E-state index contributed by atoms with van der Waals surface area (Å²) in [6.45, 7) is 3.94. The molecule has 120 valence electrons. The van der Waals surface area contributed by atoms with E-state index in [4.69, 9.17) is 4.74 Å². The Balaban J connectivity index is 2.03. The van der Waals surface area contributed by atoms with Crippen molar-refractivity contribution in [3.05, 3.63) is 29.6 Å². The molecule has 1 aliphatic heterocycles. The third-order valence-corrected chi connectivity index (χ3v) is 3.59. The van der Waals surface area contributed by atoms with E-state index in [1.54, 1.807) is 12.1 Å². The van der Waals surface area contributed by atoms with Gasteiger partial charge in [-0.1, -0.05) is 26.0 Å². The van der Waals surface area contributed by atoms with Gasteiger partial charge in [-0.15, -0.1) is 0 Å². The number of nitrogens with one attached hydrogen (secondary N) is 2. The molecular formula is C16H21FN2O3. The fourth-order valence-corrected chi connectivity index (χ4v) is 2.52. The number of likely N-dealkylation sites (N-methyl/N-ethyl adjacent to an activating group) is 1. The number of benzene rings is 1. The lowest BCUT2D eigenvalue weighted by Crippen LogP contribution is -2.50. The summed E-state index contributed by atoms with van der Waals surface area (Å²) in [5.74, 6) is -0.740. The van der Waals surface area contributed by atoms with Crippen LogP contribution < -0.4 is 15.4 Å². The maximum atomic E-state index is 13.6. The molecule has 22 heavy (non-hydrogen) atoms. The molecule has 0 fully saturated rings. The van der Waals surface area contributed by atoms with Gasteiger partial charge in [0.2, 0.25) is 5.91 Å². The summed E-state index contributed by atoms with van der Waals surface area (Å²) in [6.07, 6.45) is 0.0340. The summed E-state index contributed by atoms with van der Waals surface area (Å²) in [5, 5.41) is 5.24. The highest BCUT2D eigenvalue weighted by Crippen LogP contribution is 2.31. The molecule has 2 atom stereocenters. The summed E-state index contributed by atoms with van der Waals surface area (Å²) in [4.78, 5) is 24.1. The van der Waals surface area contributed by atoms with E-state index < -0.39 is 23.9 Å². The van der Waals surface area contributed by atoms with Gasteiger partial charge in [0.15, 0.2) is 17.7 Å². The molecule has 1 aliphatic rings. The summed E-state index contributed by atoms with van der Waals surface area (Å²) in [6, 6.07) is 4.00. The predicted octanol–water partition coefficient (Wildman–Crippen LogP) is 1.41. The van der Waals surface area contributed by atoms with Crippen LogP contribution in [0.2, 0.25) is 0 Å². The first-order chi connectivity index (χ1) is 10.4. The van der Waals surface area contributed by atoms with Gasteiger partial charge in [0, 0.05) is 19.0 Å². The average Bonchev–Trinajstić information content (AvgIpc) is 2.91. The third kappa shape index (κ3) is 3.55. The molecule has 0 radical (unpaired) electrons. The normalized spacial score (nSPS) is 17.6. The number of carbonyl (C=O) groups is 2. The van der Waals surface area contributed by atoms with Crippen molar-refractivity contribution in [2.45, 2.75) is 38.8 Å². The van der Waals surface area contributed by atoms with Gasteiger partial charge in [-0.25, -0.2) is 4.39 Å². The second kappa shape index (κ2) is 6.77. The van der Waals surface area contributed by atoms with E-state index in [1.807, 2.05) is 13.8 Å². The Hall–Kier alpha value is -2.11. The quantitative estimate of drug-likeness (QED) is 0.864. The third-order valence-electron chi connectivity index (χ3n) is 3.59. The van der Waals surface area contributed by atoms with E-state index >= 15 is 0 Å². The van der Waals surface area contributed by atoms with Crippen molar-refractivity contribution in [2.75, 3.05) is 7.05 Å². The second-order valence-corrected chi connectivity index (χ2v) is 5.84. The molecule has 0 unspecified atom stereocenters. The minimum absolute atomic E-state index is 0.128. The van der Waals surface area contributed by atoms with Crippen molar-refractivity contribution >= 4 is 11.8 Å². The van der Waals surface area contributed by atoms with E-state index in [0.717, 1.165) is 0 Å². The van der Waals surface area contributed by atoms with E-state index in [0.29, 0.717) is 18.4 Å². The van der Waals surface area contributed by atoms with Gasteiger partial charge >= 0.3 is 0 Å². The number of halogens is 1. The number of hydrogen-bond acceptors (Lipinski definition) is 3. The van der Waals surface area contributed by atoms with Crippen LogP contribution in [-0.2, 0) is 16.0 Å². The zero-order valence-corrected chi connectivity index (χ0v) is 13.0. The maximum absolute atomic E-state index is 13.6. The van der Waals surface area contributed by atoms with E-state index in [1.165, 1.54) is 13.1 Å². The molecule has 1 heterocycles. The van der Waals surface area contributed by atoms with Crippen molar-refractivity contribution in [3.8, 4) is 5.75 Å². The zero-order chi connectivity index (χ0) is 16.3. The lowest BCUT2D eigenvalue weighted by molar-refractivity contribution is -0.132. The molecule has 0 saturated carbocycles. The maximum Gasteiger partial charge on any atom is 0.262 e. The first-order valence-electron chi connectivity index (χ1n) is 7.38. The first-order valence-corrected chi connectivity index (χ1v) is 7.38. The topological polar surface area (TPSA) is 67.4 Å². The molecule has 2 amide bonds. The molecule has 2 rings (SSSR count). The summed E-state index contributed by atoms with van der Waals surface area (Å²) in [5.41, 5.74) is 0.667. The number of hydrogen-bond donors (Lipinski definition) is 2. The van der Waals surface area contributed by atoms with E-state index in [-0.39, 0.29) is 17.6 Å². The lowest BCUT2D eigenvalue weighted by Gasteiger charge is -2.21. The van der Waals surface area contributed by atoms with Crippen LogP contribution in [0.3, 0.4) is 0 Å². The Kier molecular flexibility index (Phi) is 5.00. The van der Waals surface area contributed by atoms with Gasteiger partial charge in [-0.3, -0.25) is 9.59 Å².